The van der Waals surface area contributed by atoms with Gasteiger partial charge in [-0.15, -0.1) is 0 Å². The van der Waals surface area contributed by atoms with E-state index in [9.17, 15) is 4.79 Å². The van der Waals surface area contributed by atoms with Crippen LogP contribution in [-0.4, -0.2) is 20.9 Å². The van der Waals surface area contributed by atoms with Crippen LogP contribution in [0.1, 0.15) is 27.6 Å². The van der Waals surface area contributed by atoms with Gasteiger partial charge in [-0.05, 0) is 49.7 Å². The quantitative estimate of drug-likeness (QED) is 0.712. The van der Waals surface area contributed by atoms with Gasteiger partial charge in [-0.1, -0.05) is 17.7 Å². The van der Waals surface area contributed by atoms with Gasteiger partial charge in [0.2, 0.25) is 0 Å². The van der Waals surface area contributed by atoms with E-state index in [0.717, 1.165) is 11.3 Å². The predicted octanol–water partition coefficient (Wildman–Crippen LogP) is 4.01. The van der Waals surface area contributed by atoms with Gasteiger partial charge in [0.25, 0.3) is 5.91 Å². The van der Waals surface area contributed by atoms with Gasteiger partial charge < -0.3 is 10.6 Å². The molecular weight excluding hydrogens is 350 g/mol. The fourth-order valence-electron chi connectivity index (χ4n) is 2.41. The van der Waals surface area contributed by atoms with Gasteiger partial charge in [0.1, 0.15) is 17.3 Å². The van der Waals surface area contributed by atoms with Gasteiger partial charge in [-0.25, -0.2) is 9.97 Å². The number of carbonyl (C=O) groups is 1. The molecule has 1 aromatic carbocycles. The van der Waals surface area contributed by atoms with Crippen molar-refractivity contribution >= 4 is 29.0 Å². The number of amides is 1. The summed E-state index contributed by atoms with van der Waals surface area (Å²) < 4.78 is 0. The number of rotatable bonds is 5. The van der Waals surface area contributed by atoms with Crippen LogP contribution in [0.4, 0.5) is 11.5 Å². The van der Waals surface area contributed by atoms with E-state index < -0.39 is 0 Å². The van der Waals surface area contributed by atoms with Crippen LogP contribution >= 0.6 is 11.6 Å². The number of anilines is 2. The van der Waals surface area contributed by atoms with Gasteiger partial charge in [0.05, 0.1) is 12.2 Å². The van der Waals surface area contributed by atoms with Gasteiger partial charge in [0.15, 0.2) is 0 Å². The maximum absolute atomic E-state index is 12.6. The lowest BCUT2D eigenvalue weighted by Gasteiger charge is -2.10. The number of hydrogen-bond acceptors (Lipinski definition) is 5. The molecule has 0 aliphatic heterocycles. The molecule has 0 saturated heterocycles. The first-order valence-electron chi connectivity index (χ1n) is 8.08. The summed E-state index contributed by atoms with van der Waals surface area (Å²) in [7, 11) is 0. The standard InChI is InChI=1S/C19H18ClN5O/c1-12-9-14(20)6-7-16(12)25-19(26)17-10-18(24-13(2)23-17)22-11-15-5-3-4-8-21-15/h3-10H,11H2,1-2H3,(H,25,26)(H,22,23,24). The number of halogens is 1. The summed E-state index contributed by atoms with van der Waals surface area (Å²) in [6.07, 6.45) is 1.73. The minimum absolute atomic E-state index is 0.287. The van der Waals surface area contributed by atoms with Crippen molar-refractivity contribution in [2.75, 3.05) is 10.6 Å². The normalized spacial score (nSPS) is 10.4. The Kier molecular flexibility index (Phi) is 5.43. The van der Waals surface area contributed by atoms with Crippen molar-refractivity contribution in [3.8, 4) is 0 Å². The third-order valence-electron chi connectivity index (χ3n) is 3.68. The molecule has 0 fully saturated rings. The Morgan fingerprint density at radius 1 is 1.12 bits per heavy atom. The highest BCUT2D eigenvalue weighted by Crippen LogP contribution is 2.20. The first-order chi connectivity index (χ1) is 12.5. The fraction of sp³-hybridized carbons (Fsp3) is 0.158. The van der Waals surface area contributed by atoms with Crippen molar-refractivity contribution in [2.24, 2.45) is 0 Å². The van der Waals surface area contributed by atoms with Gasteiger partial charge in [-0.2, -0.15) is 0 Å². The number of benzene rings is 1. The molecule has 0 spiro atoms. The molecule has 2 N–H and O–H groups in total. The van der Waals surface area contributed by atoms with Crippen LogP contribution in [0.3, 0.4) is 0 Å². The second-order valence-corrected chi connectivity index (χ2v) is 6.21. The molecule has 3 aromatic rings. The highest BCUT2D eigenvalue weighted by Gasteiger charge is 2.12. The van der Waals surface area contributed by atoms with E-state index in [1.165, 1.54) is 0 Å². The third kappa shape index (κ3) is 4.55. The summed E-state index contributed by atoms with van der Waals surface area (Å²) >= 11 is 5.95. The monoisotopic (exact) mass is 367 g/mol. The van der Waals surface area contributed by atoms with Crippen molar-refractivity contribution in [3.63, 3.8) is 0 Å². The SMILES string of the molecule is Cc1nc(NCc2ccccn2)cc(C(=O)Nc2ccc(Cl)cc2C)n1. The lowest BCUT2D eigenvalue weighted by atomic mass is 10.2. The summed E-state index contributed by atoms with van der Waals surface area (Å²) in [5.41, 5.74) is 2.74. The summed E-state index contributed by atoms with van der Waals surface area (Å²) in [4.78, 5) is 25.4. The van der Waals surface area contributed by atoms with Gasteiger partial charge in [-0.3, -0.25) is 9.78 Å². The van der Waals surface area contributed by atoms with Crippen LogP contribution in [0.15, 0.2) is 48.7 Å². The number of aromatic nitrogens is 3. The number of nitrogens with one attached hydrogen (secondary N) is 2. The molecule has 0 bridgehead atoms. The van der Waals surface area contributed by atoms with Crippen molar-refractivity contribution < 1.29 is 4.79 Å². The average molecular weight is 368 g/mol. The maximum Gasteiger partial charge on any atom is 0.274 e. The Bertz CT molecular complexity index is 930. The summed E-state index contributed by atoms with van der Waals surface area (Å²) in [5.74, 6) is 0.775. The molecule has 7 heteroatoms. The van der Waals surface area contributed by atoms with E-state index >= 15 is 0 Å². The molecule has 26 heavy (non-hydrogen) atoms. The van der Waals surface area contributed by atoms with E-state index in [1.807, 2.05) is 25.1 Å². The van der Waals surface area contributed by atoms with Crippen LogP contribution in [0.25, 0.3) is 0 Å². The minimum atomic E-state index is -0.304. The minimum Gasteiger partial charge on any atom is -0.364 e. The topological polar surface area (TPSA) is 79.8 Å². The van der Waals surface area contributed by atoms with E-state index in [4.69, 9.17) is 11.6 Å². The van der Waals surface area contributed by atoms with Crippen molar-refractivity contribution in [2.45, 2.75) is 20.4 Å². The Hall–Kier alpha value is -2.99. The molecule has 3 rings (SSSR count). The summed E-state index contributed by atoms with van der Waals surface area (Å²) in [5, 5.41) is 6.65. The van der Waals surface area contributed by atoms with Crippen molar-refractivity contribution in [1.82, 2.24) is 15.0 Å². The number of pyridine rings is 1. The second kappa shape index (κ2) is 7.93. The number of aryl methyl sites for hydroxylation is 2. The molecule has 0 radical (unpaired) electrons. The van der Waals surface area contributed by atoms with Crippen LogP contribution < -0.4 is 10.6 Å². The van der Waals surface area contributed by atoms with Crippen LogP contribution in [0, 0.1) is 13.8 Å². The maximum atomic E-state index is 12.6. The molecule has 0 atom stereocenters. The molecule has 6 nitrogen and oxygen atoms in total. The van der Waals surface area contributed by atoms with Crippen molar-refractivity contribution in [1.29, 1.82) is 0 Å². The first kappa shape index (κ1) is 17.8. The summed E-state index contributed by atoms with van der Waals surface area (Å²) in [6.45, 7) is 4.14. The molecule has 1 amide bonds. The molecule has 2 heterocycles. The number of nitrogens with zero attached hydrogens (tertiary/aromatic N) is 3. The predicted molar refractivity (Wildman–Crippen MR) is 102 cm³/mol. The van der Waals surface area contributed by atoms with Crippen LogP contribution in [-0.2, 0) is 6.54 Å². The van der Waals surface area contributed by atoms with Crippen molar-refractivity contribution in [3.05, 3.63) is 76.5 Å². The lowest BCUT2D eigenvalue weighted by molar-refractivity contribution is 0.102. The molecule has 0 aliphatic carbocycles. The molecule has 0 unspecified atom stereocenters. The zero-order valence-electron chi connectivity index (χ0n) is 14.5. The third-order valence-corrected chi connectivity index (χ3v) is 3.92. The average Bonchev–Trinajstić information content (AvgIpc) is 2.63. The van der Waals surface area contributed by atoms with Gasteiger partial charge >= 0.3 is 0 Å². The molecule has 132 valence electrons. The molecule has 0 saturated carbocycles. The van der Waals surface area contributed by atoms with Gasteiger partial charge in [0, 0.05) is 23.0 Å². The molecule has 0 aliphatic rings. The Morgan fingerprint density at radius 2 is 1.96 bits per heavy atom. The summed E-state index contributed by atoms with van der Waals surface area (Å²) in [6, 6.07) is 12.6. The largest absolute Gasteiger partial charge is 0.364 e. The first-order valence-corrected chi connectivity index (χ1v) is 8.46. The van der Waals surface area contributed by atoms with Crippen LogP contribution in [0.2, 0.25) is 5.02 Å². The van der Waals surface area contributed by atoms with Crippen LogP contribution in [0.5, 0.6) is 0 Å². The molecule has 2 aromatic heterocycles. The Labute approximate surface area is 156 Å². The van der Waals surface area contributed by atoms with E-state index in [-0.39, 0.29) is 11.6 Å². The Morgan fingerprint density at radius 3 is 2.69 bits per heavy atom. The smallest absolute Gasteiger partial charge is 0.274 e. The zero-order valence-corrected chi connectivity index (χ0v) is 15.2. The van der Waals surface area contributed by atoms with E-state index in [1.54, 1.807) is 37.4 Å². The molecular formula is C19H18ClN5O. The second-order valence-electron chi connectivity index (χ2n) is 5.77. The van der Waals surface area contributed by atoms with E-state index in [0.29, 0.717) is 28.9 Å². The highest BCUT2D eigenvalue weighted by atomic mass is 35.5. The lowest BCUT2D eigenvalue weighted by Crippen LogP contribution is -2.16. The highest BCUT2D eigenvalue weighted by molar-refractivity contribution is 6.30. The zero-order chi connectivity index (χ0) is 18.5. The Balaban J connectivity index is 1.75. The number of carbonyl (C=O) groups excluding carboxylic acids is 1. The fourth-order valence-corrected chi connectivity index (χ4v) is 2.64. The number of hydrogen-bond donors (Lipinski definition) is 2. The van der Waals surface area contributed by atoms with E-state index in [2.05, 4.69) is 25.6 Å².